The molecule has 0 heterocycles. The highest BCUT2D eigenvalue weighted by Crippen LogP contribution is 2.36. The molecule has 0 bridgehead atoms. The summed E-state index contributed by atoms with van der Waals surface area (Å²) < 4.78 is 0. The molecule has 6 heteroatoms. The lowest BCUT2D eigenvalue weighted by atomic mass is 10.2. The molecule has 0 saturated heterocycles. The minimum absolute atomic E-state index is 0.0142. The van der Waals surface area contributed by atoms with E-state index in [-0.39, 0.29) is 10.8 Å². The highest BCUT2D eigenvalue weighted by Gasteiger charge is 2.08. The van der Waals surface area contributed by atoms with Crippen LogP contribution in [0.1, 0.15) is 5.56 Å². The molecule has 0 spiro atoms. The number of aromatic hydroxyl groups is 1. The number of nitriles is 1. The van der Waals surface area contributed by atoms with Crippen molar-refractivity contribution in [3.63, 3.8) is 0 Å². The molecule has 0 aliphatic heterocycles. The lowest BCUT2D eigenvalue weighted by Crippen LogP contribution is -2.12. The first-order chi connectivity index (χ1) is 7.60. The van der Waals surface area contributed by atoms with Gasteiger partial charge in [0.1, 0.15) is 10.8 Å². The van der Waals surface area contributed by atoms with E-state index in [9.17, 15) is 5.11 Å². The van der Waals surface area contributed by atoms with Crippen LogP contribution in [-0.2, 0) is 0 Å². The van der Waals surface area contributed by atoms with E-state index >= 15 is 0 Å². The number of aryl methyl sites for hydroxylation is 1. The second kappa shape index (κ2) is 5.64. The smallest absolute Gasteiger partial charge is 0.183 e. The summed E-state index contributed by atoms with van der Waals surface area (Å²) in [7, 11) is 0. The third-order valence-corrected chi connectivity index (χ3v) is 2.83. The summed E-state index contributed by atoms with van der Waals surface area (Å²) in [6.07, 6.45) is 3.56. The van der Waals surface area contributed by atoms with Crippen molar-refractivity contribution in [2.24, 2.45) is 4.99 Å². The molecule has 0 saturated carbocycles. The first-order valence-electron chi connectivity index (χ1n) is 4.36. The number of nitrogens with zero attached hydrogens (tertiary/aromatic N) is 2. The second-order valence-corrected chi connectivity index (χ2v) is 4.09. The Morgan fingerprint density at radius 1 is 1.62 bits per heavy atom. The maximum absolute atomic E-state index is 9.61. The fourth-order valence-electron chi connectivity index (χ4n) is 1.02. The Kier molecular flexibility index (Phi) is 4.47. The summed E-state index contributed by atoms with van der Waals surface area (Å²) in [4.78, 5) is 4.12. The van der Waals surface area contributed by atoms with Crippen molar-refractivity contribution in [1.29, 1.82) is 5.26 Å². The molecule has 0 fully saturated rings. The summed E-state index contributed by atoms with van der Waals surface area (Å²) in [5.41, 5.74) is 1.11. The first kappa shape index (κ1) is 12.7. The average molecular weight is 256 g/mol. The van der Waals surface area contributed by atoms with Gasteiger partial charge in [-0.2, -0.15) is 5.26 Å². The predicted molar refractivity (Wildman–Crippen MR) is 67.2 cm³/mol. The molecule has 1 aromatic rings. The SMILES string of the molecule is CSC(=Nc1ccc(C)c(O)c1Cl)NC#N. The van der Waals surface area contributed by atoms with Crippen molar-refractivity contribution in [3.8, 4) is 11.9 Å². The lowest BCUT2D eigenvalue weighted by Gasteiger charge is -2.05. The van der Waals surface area contributed by atoms with Crippen LogP contribution in [0.5, 0.6) is 5.75 Å². The topological polar surface area (TPSA) is 68.4 Å². The van der Waals surface area contributed by atoms with Gasteiger partial charge in [0.2, 0.25) is 0 Å². The van der Waals surface area contributed by atoms with E-state index in [2.05, 4.69) is 10.3 Å². The number of phenolic OH excluding ortho intramolecular Hbond substituents is 1. The van der Waals surface area contributed by atoms with Gasteiger partial charge in [-0.05, 0) is 24.8 Å². The Balaban J connectivity index is 3.15. The normalized spacial score (nSPS) is 11.0. The summed E-state index contributed by atoms with van der Waals surface area (Å²) in [5.74, 6) is 0.0142. The van der Waals surface area contributed by atoms with Gasteiger partial charge in [-0.1, -0.05) is 29.4 Å². The summed E-state index contributed by atoms with van der Waals surface area (Å²) in [5, 5.41) is 21.1. The van der Waals surface area contributed by atoms with Crippen LogP contribution in [0, 0.1) is 18.4 Å². The van der Waals surface area contributed by atoms with E-state index in [1.165, 1.54) is 11.8 Å². The van der Waals surface area contributed by atoms with Crippen molar-refractivity contribution < 1.29 is 5.11 Å². The summed E-state index contributed by atoms with van der Waals surface area (Å²) in [6, 6.07) is 3.40. The van der Waals surface area contributed by atoms with Crippen LogP contribution in [-0.4, -0.2) is 16.5 Å². The van der Waals surface area contributed by atoms with Gasteiger partial charge in [0.25, 0.3) is 0 Å². The number of nitrogens with one attached hydrogen (secondary N) is 1. The molecule has 16 heavy (non-hydrogen) atoms. The van der Waals surface area contributed by atoms with Gasteiger partial charge in [0, 0.05) is 0 Å². The number of thioether (sulfide) groups is 1. The lowest BCUT2D eigenvalue weighted by molar-refractivity contribution is 0.471. The summed E-state index contributed by atoms with van der Waals surface area (Å²) >= 11 is 7.21. The number of hydrogen-bond acceptors (Lipinski definition) is 4. The zero-order chi connectivity index (χ0) is 12.1. The largest absolute Gasteiger partial charge is 0.506 e. The molecule has 0 amide bonds. The fraction of sp³-hybridized carbons (Fsp3) is 0.200. The van der Waals surface area contributed by atoms with E-state index in [1.54, 1.807) is 31.5 Å². The van der Waals surface area contributed by atoms with Crippen LogP contribution >= 0.6 is 23.4 Å². The minimum Gasteiger partial charge on any atom is -0.506 e. The van der Waals surface area contributed by atoms with Gasteiger partial charge in [-0.3, -0.25) is 5.32 Å². The first-order valence-corrected chi connectivity index (χ1v) is 5.96. The number of halogens is 1. The summed E-state index contributed by atoms with van der Waals surface area (Å²) in [6.45, 7) is 1.75. The highest BCUT2D eigenvalue weighted by molar-refractivity contribution is 8.13. The van der Waals surface area contributed by atoms with Gasteiger partial charge in [-0.15, -0.1) is 0 Å². The molecule has 0 aliphatic carbocycles. The van der Waals surface area contributed by atoms with Gasteiger partial charge < -0.3 is 5.11 Å². The number of benzene rings is 1. The highest BCUT2D eigenvalue weighted by atomic mass is 35.5. The Morgan fingerprint density at radius 3 is 2.88 bits per heavy atom. The van der Waals surface area contributed by atoms with Crippen LogP contribution in [0.25, 0.3) is 0 Å². The van der Waals surface area contributed by atoms with Crippen LogP contribution in [0.2, 0.25) is 5.02 Å². The molecule has 0 unspecified atom stereocenters. The van der Waals surface area contributed by atoms with Crippen LogP contribution in [0.4, 0.5) is 5.69 Å². The van der Waals surface area contributed by atoms with Crippen molar-refractivity contribution in [2.75, 3.05) is 6.26 Å². The standard InChI is InChI=1S/C10H10ClN3OS/c1-6-3-4-7(8(11)9(6)15)14-10(16-2)13-5-12/h3-4,15H,1-2H3,(H,13,14). The van der Waals surface area contributed by atoms with E-state index in [0.717, 1.165) is 0 Å². The van der Waals surface area contributed by atoms with Gasteiger partial charge in [0.15, 0.2) is 11.4 Å². The predicted octanol–water partition coefficient (Wildman–Crippen LogP) is 2.78. The molecule has 2 N–H and O–H groups in total. The molecular formula is C10H10ClN3OS. The molecule has 4 nitrogen and oxygen atoms in total. The third kappa shape index (κ3) is 2.81. The Morgan fingerprint density at radius 2 is 2.31 bits per heavy atom. The van der Waals surface area contributed by atoms with Crippen LogP contribution < -0.4 is 5.32 Å². The quantitative estimate of drug-likeness (QED) is 0.350. The van der Waals surface area contributed by atoms with Gasteiger partial charge in [-0.25, -0.2) is 4.99 Å². The molecule has 84 valence electrons. The number of phenols is 1. The molecule has 0 atom stereocenters. The van der Waals surface area contributed by atoms with Crippen LogP contribution in [0.15, 0.2) is 17.1 Å². The van der Waals surface area contributed by atoms with Crippen molar-refractivity contribution >= 4 is 34.2 Å². The van der Waals surface area contributed by atoms with E-state index < -0.39 is 0 Å². The van der Waals surface area contributed by atoms with Gasteiger partial charge in [0.05, 0.1) is 5.69 Å². The van der Waals surface area contributed by atoms with Crippen molar-refractivity contribution in [1.82, 2.24) is 5.32 Å². The van der Waals surface area contributed by atoms with Crippen molar-refractivity contribution in [3.05, 3.63) is 22.7 Å². The number of amidine groups is 1. The molecule has 0 radical (unpaired) electrons. The number of aliphatic imine (C=N–C) groups is 1. The van der Waals surface area contributed by atoms with Gasteiger partial charge >= 0.3 is 0 Å². The van der Waals surface area contributed by atoms with E-state index in [0.29, 0.717) is 16.4 Å². The number of hydrogen-bond donors (Lipinski definition) is 2. The molecule has 0 aliphatic rings. The monoisotopic (exact) mass is 255 g/mol. The van der Waals surface area contributed by atoms with E-state index in [4.69, 9.17) is 16.9 Å². The fourth-order valence-corrected chi connectivity index (χ4v) is 1.61. The Bertz CT molecular complexity index is 468. The zero-order valence-corrected chi connectivity index (χ0v) is 10.4. The molecule has 1 aromatic carbocycles. The Labute approximate surface area is 103 Å². The zero-order valence-electron chi connectivity index (χ0n) is 8.78. The third-order valence-electron chi connectivity index (χ3n) is 1.88. The molecular weight excluding hydrogens is 246 g/mol. The van der Waals surface area contributed by atoms with Crippen molar-refractivity contribution in [2.45, 2.75) is 6.92 Å². The number of rotatable bonds is 1. The van der Waals surface area contributed by atoms with Crippen LogP contribution in [0.3, 0.4) is 0 Å². The molecule has 0 aromatic heterocycles. The molecule has 1 rings (SSSR count). The maximum atomic E-state index is 9.61. The second-order valence-electron chi connectivity index (χ2n) is 2.92. The maximum Gasteiger partial charge on any atom is 0.183 e. The minimum atomic E-state index is 0.0142. The average Bonchev–Trinajstić information content (AvgIpc) is 2.29. The van der Waals surface area contributed by atoms with E-state index in [1.807, 2.05) is 0 Å². The Hall–Kier alpha value is -1.38.